The standard InChI is InChI=1S/C9H11ClN2/c10-8-5-12-4-3-7(8)9(11)6-1-2-6/h3-6,9H,1-2,11H2/t9-/m0/s1. The van der Waals surface area contributed by atoms with Gasteiger partial charge in [-0.1, -0.05) is 11.6 Å². The Balaban J connectivity index is 2.25. The summed E-state index contributed by atoms with van der Waals surface area (Å²) < 4.78 is 0. The van der Waals surface area contributed by atoms with Gasteiger partial charge in [-0.2, -0.15) is 0 Å². The minimum absolute atomic E-state index is 0.112. The van der Waals surface area contributed by atoms with Gasteiger partial charge in [0.2, 0.25) is 0 Å². The van der Waals surface area contributed by atoms with Crippen LogP contribution in [-0.4, -0.2) is 4.98 Å². The van der Waals surface area contributed by atoms with Crippen molar-refractivity contribution >= 4 is 11.6 Å². The molecule has 1 aliphatic rings. The van der Waals surface area contributed by atoms with Crippen molar-refractivity contribution < 1.29 is 0 Å². The Morgan fingerprint density at radius 2 is 2.33 bits per heavy atom. The summed E-state index contributed by atoms with van der Waals surface area (Å²) in [5.74, 6) is 0.643. The Bertz CT molecular complexity index is 284. The van der Waals surface area contributed by atoms with Crippen LogP contribution < -0.4 is 5.73 Å². The fourth-order valence-electron chi connectivity index (χ4n) is 1.37. The number of nitrogens with two attached hydrogens (primary N) is 1. The van der Waals surface area contributed by atoms with E-state index in [1.807, 2.05) is 6.07 Å². The number of hydrogen-bond donors (Lipinski definition) is 1. The highest BCUT2D eigenvalue weighted by Crippen LogP contribution is 2.40. The third-order valence-corrected chi connectivity index (χ3v) is 2.61. The highest BCUT2D eigenvalue weighted by atomic mass is 35.5. The second-order valence-electron chi connectivity index (χ2n) is 3.26. The van der Waals surface area contributed by atoms with Crippen molar-refractivity contribution in [3.8, 4) is 0 Å². The lowest BCUT2D eigenvalue weighted by molar-refractivity contribution is 0.633. The molecule has 3 heteroatoms. The highest BCUT2D eigenvalue weighted by Gasteiger charge is 2.30. The van der Waals surface area contributed by atoms with Crippen LogP contribution in [0.4, 0.5) is 0 Å². The average molecular weight is 183 g/mol. The number of halogens is 1. The number of pyridine rings is 1. The van der Waals surface area contributed by atoms with Crippen molar-refractivity contribution in [2.45, 2.75) is 18.9 Å². The van der Waals surface area contributed by atoms with E-state index in [1.165, 1.54) is 12.8 Å². The summed E-state index contributed by atoms with van der Waals surface area (Å²) in [6.07, 6.45) is 5.86. The Morgan fingerprint density at radius 1 is 1.58 bits per heavy atom. The second-order valence-corrected chi connectivity index (χ2v) is 3.67. The molecule has 1 heterocycles. The Labute approximate surface area is 76.7 Å². The molecule has 0 radical (unpaired) electrons. The van der Waals surface area contributed by atoms with Gasteiger partial charge in [0, 0.05) is 18.4 Å². The molecule has 64 valence electrons. The van der Waals surface area contributed by atoms with Crippen LogP contribution >= 0.6 is 11.6 Å². The van der Waals surface area contributed by atoms with Gasteiger partial charge >= 0.3 is 0 Å². The number of nitrogens with zero attached hydrogens (tertiary/aromatic N) is 1. The third kappa shape index (κ3) is 1.45. The van der Waals surface area contributed by atoms with E-state index in [2.05, 4.69) is 4.98 Å². The Kier molecular flexibility index (Phi) is 2.03. The lowest BCUT2D eigenvalue weighted by Crippen LogP contribution is -2.12. The molecule has 1 aliphatic carbocycles. The SMILES string of the molecule is N[C@H](c1ccncc1Cl)C1CC1. The van der Waals surface area contributed by atoms with Gasteiger partial charge in [-0.15, -0.1) is 0 Å². The first-order valence-corrected chi connectivity index (χ1v) is 4.52. The maximum atomic E-state index is 5.99. The van der Waals surface area contributed by atoms with Crippen LogP contribution in [-0.2, 0) is 0 Å². The second kappa shape index (κ2) is 3.04. The van der Waals surface area contributed by atoms with E-state index in [0.29, 0.717) is 10.9 Å². The molecule has 0 saturated heterocycles. The summed E-state index contributed by atoms with van der Waals surface area (Å²) >= 11 is 5.95. The zero-order chi connectivity index (χ0) is 8.55. The molecule has 0 aliphatic heterocycles. The van der Waals surface area contributed by atoms with E-state index in [-0.39, 0.29) is 6.04 Å². The van der Waals surface area contributed by atoms with Crippen molar-refractivity contribution in [1.29, 1.82) is 0 Å². The molecule has 0 aromatic carbocycles. The van der Waals surface area contributed by atoms with Crippen LogP contribution in [0.15, 0.2) is 18.5 Å². The van der Waals surface area contributed by atoms with Crippen molar-refractivity contribution in [3.63, 3.8) is 0 Å². The van der Waals surface area contributed by atoms with E-state index < -0.39 is 0 Å². The summed E-state index contributed by atoms with van der Waals surface area (Å²) in [4.78, 5) is 3.92. The van der Waals surface area contributed by atoms with E-state index >= 15 is 0 Å². The van der Waals surface area contributed by atoms with Crippen molar-refractivity contribution in [1.82, 2.24) is 4.98 Å². The molecule has 1 saturated carbocycles. The molecule has 2 nitrogen and oxygen atoms in total. The normalized spacial score (nSPS) is 19.2. The van der Waals surface area contributed by atoms with Crippen molar-refractivity contribution in [2.75, 3.05) is 0 Å². The molecular formula is C9H11ClN2. The fraction of sp³-hybridized carbons (Fsp3) is 0.444. The fourth-order valence-corrected chi connectivity index (χ4v) is 1.61. The molecule has 0 bridgehead atoms. The van der Waals surface area contributed by atoms with Crippen LogP contribution in [0.1, 0.15) is 24.4 Å². The molecule has 0 unspecified atom stereocenters. The first-order valence-electron chi connectivity index (χ1n) is 4.14. The molecule has 0 spiro atoms. The summed E-state index contributed by atoms with van der Waals surface area (Å²) in [7, 11) is 0. The maximum Gasteiger partial charge on any atom is 0.0637 e. The molecule has 2 rings (SSSR count). The minimum atomic E-state index is 0.112. The van der Waals surface area contributed by atoms with E-state index in [9.17, 15) is 0 Å². The summed E-state index contributed by atoms with van der Waals surface area (Å²) in [5, 5.41) is 0.692. The maximum absolute atomic E-state index is 5.99. The van der Waals surface area contributed by atoms with E-state index in [4.69, 9.17) is 17.3 Å². The summed E-state index contributed by atoms with van der Waals surface area (Å²) in [5.41, 5.74) is 7.03. The van der Waals surface area contributed by atoms with Crippen LogP contribution in [0, 0.1) is 5.92 Å². The predicted octanol–water partition coefficient (Wildman–Crippen LogP) is 2.14. The van der Waals surface area contributed by atoms with Gasteiger partial charge in [-0.05, 0) is 30.4 Å². The van der Waals surface area contributed by atoms with Gasteiger partial charge in [-0.25, -0.2) is 0 Å². The van der Waals surface area contributed by atoms with Gasteiger partial charge in [0.25, 0.3) is 0 Å². The number of hydrogen-bond acceptors (Lipinski definition) is 2. The molecule has 1 aromatic rings. The molecule has 1 atom stereocenters. The van der Waals surface area contributed by atoms with Gasteiger partial charge < -0.3 is 5.73 Å². The van der Waals surface area contributed by atoms with Crippen LogP contribution in [0.2, 0.25) is 5.02 Å². The Hall–Kier alpha value is -0.600. The molecule has 0 amide bonds. The zero-order valence-corrected chi connectivity index (χ0v) is 7.46. The largest absolute Gasteiger partial charge is 0.324 e. The molecule has 1 fully saturated rings. The minimum Gasteiger partial charge on any atom is -0.324 e. The van der Waals surface area contributed by atoms with E-state index in [0.717, 1.165) is 5.56 Å². The summed E-state index contributed by atoms with van der Waals surface area (Å²) in [6, 6.07) is 2.02. The molecule has 1 aromatic heterocycles. The van der Waals surface area contributed by atoms with Crippen molar-refractivity contribution in [3.05, 3.63) is 29.0 Å². The van der Waals surface area contributed by atoms with E-state index in [1.54, 1.807) is 12.4 Å². The highest BCUT2D eigenvalue weighted by molar-refractivity contribution is 6.31. The molecule has 2 N–H and O–H groups in total. The van der Waals surface area contributed by atoms with Crippen LogP contribution in [0.3, 0.4) is 0 Å². The smallest absolute Gasteiger partial charge is 0.0637 e. The van der Waals surface area contributed by atoms with Gasteiger partial charge in [-0.3, -0.25) is 4.98 Å². The van der Waals surface area contributed by atoms with Gasteiger partial charge in [0.05, 0.1) is 5.02 Å². The molecule has 12 heavy (non-hydrogen) atoms. The summed E-state index contributed by atoms with van der Waals surface area (Å²) in [6.45, 7) is 0. The topological polar surface area (TPSA) is 38.9 Å². The molecular weight excluding hydrogens is 172 g/mol. The zero-order valence-electron chi connectivity index (χ0n) is 6.70. The number of aromatic nitrogens is 1. The van der Waals surface area contributed by atoms with Crippen molar-refractivity contribution in [2.24, 2.45) is 11.7 Å². The van der Waals surface area contributed by atoms with Crippen LogP contribution in [0.5, 0.6) is 0 Å². The first kappa shape index (κ1) is 8.02. The Morgan fingerprint density at radius 3 is 2.92 bits per heavy atom. The predicted molar refractivity (Wildman–Crippen MR) is 48.9 cm³/mol. The average Bonchev–Trinajstić information content (AvgIpc) is 2.86. The lowest BCUT2D eigenvalue weighted by atomic mass is 10.1. The van der Waals surface area contributed by atoms with Gasteiger partial charge in [0.1, 0.15) is 0 Å². The first-order chi connectivity index (χ1) is 5.79. The lowest BCUT2D eigenvalue weighted by Gasteiger charge is -2.11. The third-order valence-electron chi connectivity index (χ3n) is 2.29. The number of rotatable bonds is 2. The quantitative estimate of drug-likeness (QED) is 0.761. The van der Waals surface area contributed by atoms with Gasteiger partial charge in [0.15, 0.2) is 0 Å². The van der Waals surface area contributed by atoms with Crippen LogP contribution in [0.25, 0.3) is 0 Å². The monoisotopic (exact) mass is 182 g/mol.